The number of aromatic nitrogens is 1. The van der Waals surface area contributed by atoms with Crippen LogP contribution in [0.15, 0.2) is 18.3 Å². The van der Waals surface area contributed by atoms with Crippen LogP contribution in [0.4, 0.5) is 5.82 Å². The van der Waals surface area contributed by atoms with Crippen LogP contribution in [0, 0.1) is 5.41 Å². The first kappa shape index (κ1) is 11.0. The lowest BCUT2D eigenvalue weighted by atomic mass is 9.82. The van der Waals surface area contributed by atoms with Gasteiger partial charge in [0.15, 0.2) is 0 Å². The summed E-state index contributed by atoms with van der Waals surface area (Å²) in [5.74, 6) is 0.613. The Bertz CT molecular complexity index is 302. The van der Waals surface area contributed by atoms with Gasteiger partial charge in [0.05, 0.1) is 0 Å². The number of nitrogens with zero attached hydrogens (tertiary/aromatic N) is 1. The molecule has 1 unspecified atom stereocenters. The van der Waals surface area contributed by atoms with Crippen molar-refractivity contribution in [1.29, 1.82) is 0 Å². The molecule has 1 aromatic rings. The minimum atomic E-state index is 0.131. The van der Waals surface area contributed by atoms with Crippen molar-refractivity contribution in [2.24, 2.45) is 5.41 Å². The molecule has 3 nitrogen and oxygen atoms in total. The zero-order valence-corrected chi connectivity index (χ0v) is 9.33. The molecule has 0 aromatic carbocycles. The Morgan fingerprint density at radius 1 is 1.43 bits per heavy atom. The van der Waals surface area contributed by atoms with Gasteiger partial charge < -0.3 is 11.1 Å². The van der Waals surface area contributed by atoms with E-state index in [1.54, 1.807) is 6.20 Å². The average molecular weight is 193 g/mol. The van der Waals surface area contributed by atoms with Crippen molar-refractivity contribution < 1.29 is 0 Å². The van der Waals surface area contributed by atoms with E-state index in [0.717, 1.165) is 5.56 Å². The van der Waals surface area contributed by atoms with E-state index in [1.165, 1.54) is 0 Å². The van der Waals surface area contributed by atoms with Crippen molar-refractivity contribution in [3.63, 3.8) is 0 Å². The first-order valence-corrected chi connectivity index (χ1v) is 4.84. The van der Waals surface area contributed by atoms with Gasteiger partial charge in [-0.25, -0.2) is 4.98 Å². The second kappa shape index (κ2) is 3.96. The second-order valence-electron chi connectivity index (χ2n) is 4.57. The largest absolute Gasteiger partial charge is 0.383 e. The van der Waals surface area contributed by atoms with Crippen LogP contribution < -0.4 is 11.1 Å². The van der Waals surface area contributed by atoms with Crippen molar-refractivity contribution >= 4 is 5.82 Å². The maximum Gasteiger partial charge on any atom is 0.128 e. The lowest BCUT2D eigenvalue weighted by Gasteiger charge is -2.31. The first-order chi connectivity index (χ1) is 6.46. The molecule has 0 saturated heterocycles. The number of nitrogens with two attached hydrogens (primary N) is 1. The maximum atomic E-state index is 5.84. The highest BCUT2D eigenvalue weighted by atomic mass is 14.9. The number of nitrogen functional groups attached to an aromatic ring is 1. The summed E-state index contributed by atoms with van der Waals surface area (Å²) < 4.78 is 0. The zero-order chi connectivity index (χ0) is 10.8. The number of anilines is 1. The monoisotopic (exact) mass is 193 g/mol. The van der Waals surface area contributed by atoms with Crippen LogP contribution in [0.2, 0.25) is 0 Å². The summed E-state index contributed by atoms with van der Waals surface area (Å²) >= 11 is 0. The Labute approximate surface area is 85.7 Å². The summed E-state index contributed by atoms with van der Waals surface area (Å²) in [5, 5.41) is 3.28. The normalized spacial score (nSPS) is 14.0. The molecule has 1 atom stereocenters. The third-order valence-electron chi connectivity index (χ3n) is 2.34. The number of rotatable bonds is 2. The quantitative estimate of drug-likeness (QED) is 0.755. The highest BCUT2D eigenvalue weighted by Gasteiger charge is 2.26. The molecule has 0 amide bonds. The zero-order valence-electron chi connectivity index (χ0n) is 9.33. The summed E-state index contributed by atoms with van der Waals surface area (Å²) in [4.78, 5) is 4.10. The summed E-state index contributed by atoms with van der Waals surface area (Å²) in [6, 6.07) is 4.17. The second-order valence-corrected chi connectivity index (χ2v) is 4.57. The molecule has 3 N–H and O–H groups in total. The van der Waals surface area contributed by atoms with E-state index in [2.05, 4.69) is 31.1 Å². The summed E-state index contributed by atoms with van der Waals surface area (Å²) in [5.41, 5.74) is 7.05. The topological polar surface area (TPSA) is 50.9 Å². The van der Waals surface area contributed by atoms with Crippen LogP contribution >= 0.6 is 0 Å². The molecule has 0 saturated carbocycles. The maximum absolute atomic E-state index is 5.84. The van der Waals surface area contributed by atoms with Gasteiger partial charge in [-0.2, -0.15) is 0 Å². The summed E-state index contributed by atoms with van der Waals surface area (Å²) in [6.45, 7) is 6.54. The Balaban J connectivity index is 3.08. The molecule has 14 heavy (non-hydrogen) atoms. The van der Waals surface area contributed by atoms with Crippen LogP contribution in [0.3, 0.4) is 0 Å². The predicted octanol–water partition coefficient (Wildman–Crippen LogP) is 1.97. The fourth-order valence-electron chi connectivity index (χ4n) is 1.73. The fraction of sp³-hybridized carbons (Fsp3) is 0.545. The summed E-state index contributed by atoms with van der Waals surface area (Å²) in [7, 11) is 1.95. The van der Waals surface area contributed by atoms with Gasteiger partial charge in [-0.3, -0.25) is 0 Å². The lowest BCUT2D eigenvalue weighted by molar-refractivity contribution is 0.287. The minimum absolute atomic E-state index is 0.131. The third kappa shape index (κ3) is 2.23. The van der Waals surface area contributed by atoms with Crippen molar-refractivity contribution in [2.75, 3.05) is 12.8 Å². The lowest BCUT2D eigenvalue weighted by Crippen LogP contribution is -2.30. The van der Waals surface area contributed by atoms with E-state index in [9.17, 15) is 0 Å². The van der Waals surface area contributed by atoms with Gasteiger partial charge in [0.25, 0.3) is 0 Å². The highest BCUT2D eigenvalue weighted by molar-refractivity contribution is 5.41. The molecule has 78 valence electrons. The highest BCUT2D eigenvalue weighted by Crippen LogP contribution is 2.34. The van der Waals surface area contributed by atoms with Crippen LogP contribution in [0.1, 0.15) is 32.4 Å². The third-order valence-corrected chi connectivity index (χ3v) is 2.34. The molecule has 1 rings (SSSR count). The van der Waals surface area contributed by atoms with Crippen molar-refractivity contribution in [3.05, 3.63) is 23.9 Å². The molecule has 0 aliphatic heterocycles. The summed E-state index contributed by atoms with van der Waals surface area (Å²) in [6.07, 6.45) is 1.72. The van der Waals surface area contributed by atoms with Crippen LogP contribution in [-0.2, 0) is 0 Å². The van der Waals surface area contributed by atoms with E-state index in [-0.39, 0.29) is 11.5 Å². The van der Waals surface area contributed by atoms with Crippen molar-refractivity contribution in [3.8, 4) is 0 Å². The van der Waals surface area contributed by atoms with Gasteiger partial charge >= 0.3 is 0 Å². The standard InChI is InChI=1S/C11H19N3/c1-11(2,3)9(13-4)8-6-5-7-14-10(8)12/h5-7,9,13H,1-4H3,(H2,12,14). The van der Waals surface area contributed by atoms with E-state index in [0.29, 0.717) is 5.82 Å². The number of hydrogen-bond acceptors (Lipinski definition) is 3. The van der Waals surface area contributed by atoms with Crippen molar-refractivity contribution in [1.82, 2.24) is 10.3 Å². The van der Waals surface area contributed by atoms with Gasteiger partial charge in [-0.05, 0) is 18.5 Å². The predicted molar refractivity (Wildman–Crippen MR) is 59.9 cm³/mol. The van der Waals surface area contributed by atoms with Crippen LogP contribution in [0.5, 0.6) is 0 Å². The average Bonchev–Trinajstić information content (AvgIpc) is 2.07. The van der Waals surface area contributed by atoms with E-state index in [4.69, 9.17) is 5.73 Å². The van der Waals surface area contributed by atoms with E-state index >= 15 is 0 Å². The molecule has 0 fully saturated rings. The fourth-order valence-corrected chi connectivity index (χ4v) is 1.73. The molecular weight excluding hydrogens is 174 g/mol. The first-order valence-electron chi connectivity index (χ1n) is 4.84. The Morgan fingerprint density at radius 3 is 2.50 bits per heavy atom. The smallest absolute Gasteiger partial charge is 0.128 e. The Hall–Kier alpha value is -1.09. The molecule has 0 bridgehead atoms. The van der Waals surface area contributed by atoms with Gasteiger partial charge in [-0.1, -0.05) is 26.8 Å². The van der Waals surface area contributed by atoms with Crippen molar-refractivity contribution in [2.45, 2.75) is 26.8 Å². The number of nitrogens with one attached hydrogen (secondary N) is 1. The van der Waals surface area contributed by atoms with E-state index in [1.807, 2.05) is 19.2 Å². The number of pyridine rings is 1. The molecule has 0 aliphatic carbocycles. The number of hydrogen-bond donors (Lipinski definition) is 2. The molecule has 3 heteroatoms. The van der Waals surface area contributed by atoms with Gasteiger partial charge in [-0.15, -0.1) is 0 Å². The van der Waals surface area contributed by atoms with Crippen LogP contribution in [0.25, 0.3) is 0 Å². The molecule has 0 radical (unpaired) electrons. The Morgan fingerprint density at radius 2 is 2.07 bits per heavy atom. The molecule has 0 spiro atoms. The minimum Gasteiger partial charge on any atom is -0.383 e. The molecular formula is C11H19N3. The molecule has 1 heterocycles. The van der Waals surface area contributed by atoms with Gasteiger partial charge in [0, 0.05) is 17.8 Å². The SMILES string of the molecule is CNC(c1cccnc1N)C(C)(C)C. The molecule has 0 aliphatic rings. The van der Waals surface area contributed by atoms with Crippen LogP contribution in [-0.4, -0.2) is 12.0 Å². The Kier molecular flexibility index (Phi) is 3.11. The van der Waals surface area contributed by atoms with Gasteiger partial charge in [0.1, 0.15) is 5.82 Å². The molecule has 1 aromatic heterocycles. The van der Waals surface area contributed by atoms with E-state index < -0.39 is 0 Å². The van der Waals surface area contributed by atoms with Gasteiger partial charge in [0.2, 0.25) is 0 Å².